The zero-order valence-electron chi connectivity index (χ0n) is 14.5. The van der Waals surface area contributed by atoms with Crippen LogP contribution in [0.4, 0.5) is 15.5 Å². The zero-order valence-corrected chi connectivity index (χ0v) is 15.4. The number of nitrogens with zero attached hydrogens (tertiary/aromatic N) is 1. The van der Waals surface area contributed by atoms with Gasteiger partial charge < -0.3 is 10.2 Å². The van der Waals surface area contributed by atoms with Crippen LogP contribution in [-0.4, -0.2) is 29.9 Å². The van der Waals surface area contributed by atoms with Crippen LogP contribution in [0.1, 0.15) is 24.0 Å². The van der Waals surface area contributed by atoms with Crippen molar-refractivity contribution in [1.29, 1.82) is 0 Å². The first-order chi connectivity index (χ1) is 12.0. The summed E-state index contributed by atoms with van der Waals surface area (Å²) in [5, 5.41) is 8.72. The second-order valence-corrected chi connectivity index (χ2v) is 7.42. The summed E-state index contributed by atoms with van der Waals surface area (Å²) < 4.78 is 0. The Bertz CT molecular complexity index is 750. The Hall–Kier alpha value is -2.34. The summed E-state index contributed by atoms with van der Waals surface area (Å²) in [6, 6.07) is 9.75. The lowest BCUT2D eigenvalue weighted by molar-refractivity contribution is -0.121. The lowest BCUT2D eigenvalue weighted by Gasteiger charge is -2.31. The first-order valence-corrected chi connectivity index (χ1v) is 9.38. The van der Waals surface area contributed by atoms with Gasteiger partial charge in [0, 0.05) is 24.7 Å². The molecule has 5 nitrogen and oxygen atoms in total. The Morgan fingerprint density at radius 1 is 1.12 bits per heavy atom. The minimum atomic E-state index is -0.0872. The Labute approximate surface area is 152 Å². The molecular formula is C19H23N3O2S. The summed E-state index contributed by atoms with van der Waals surface area (Å²) in [6.45, 7) is 5.20. The van der Waals surface area contributed by atoms with Crippen LogP contribution in [0.5, 0.6) is 0 Å². The van der Waals surface area contributed by atoms with Gasteiger partial charge >= 0.3 is 6.03 Å². The van der Waals surface area contributed by atoms with Gasteiger partial charge in [0.05, 0.1) is 5.00 Å². The average molecular weight is 357 g/mol. The molecule has 3 amide bonds. The molecule has 25 heavy (non-hydrogen) atoms. The van der Waals surface area contributed by atoms with Crippen LogP contribution in [-0.2, 0) is 4.79 Å². The largest absolute Gasteiger partial charge is 0.326 e. The van der Waals surface area contributed by atoms with E-state index in [1.807, 2.05) is 49.6 Å². The van der Waals surface area contributed by atoms with Gasteiger partial charge in [-0.1, -0.05) is 12.1 Å². The van der Waals surface area contributed by atoms with Gasteiger partial charge in [0.2, 0.25) is 5.91 Å². The van der Waals surface area contributed by atoms with Crippen LogP contribution in [0.2, 0.25) is 0 Å². The number of benzene rings is 1. The maximum absolute atomic E-state index is 12.5. The van der Waals surface area contributed by atoms with Crippen molar-refractivity contribution in [3.63, 3.8) is 0 Å². The third-order valence-electron chi connectivity index (χ3n) is 4.56. The number of likely N-dealkylation sites (tertiary alicyclic amines) is 1. The van der Waals surface area contributed by atoms with Crippen LogP contribution >= 0.6 is 11.3 Å². The molecule has 1 saturated heterocycles. The van der Waals surface area contributed by atoms with E-state index >= 15 is 0 Å². The number of hydrogen-bond acceptors (Lipinski definition) is 3. The molecule has 1 aromatic carbocycles. The number of carbonyl (C=O) groups excluding carboxylic acids is 2. The molecule has 1 fully saturated rings. The minimum Gasteiger partial charge on any atom is -0.326 e. The molecule has 3 rings (SSSR count). The number of amides is 3. The number of thiophene rings is 1. The monoisotopic (exact) mass is 357 g/mol. The molecule has 1 aliphatic heterocycles. The molecule has 1 aromatic heterocycles. The summed E-state index contributed by atoms with van der Waals surface area (Å²) in [5.41, 5.74) is 3.07. The second-order valence-electron chi connectivity index (χ2n) is 6.48. The molecule has 0 unspecified atom stereocenters. The van der Waals surface area contributed by atoms with E-state index in [0.717, 1.165) is 21.8 Å². The van der Waals surface area contributed by atoms with Gasteiger partial charge in [0.15, 0.2) is 0 Å². The van der Waals surface area contributed by atoms with E-state index in [-0.39, 0.29) is 17.9 Å². The van der Waals surface area contributed by atoms with Crippen LogP contribution in [0.3, 0.4) is 0 Å². The number of hydrogen-bond donors (Lipinski definition) is 2. The second kappa shape index (κ2) is 7.70. The Morgan fingerprint density at radius 3 is 2.56 bits per heavy atom. The number of anilines is 2. The lowest BCUT2D eigenvalue weighted by atomic mass is 9.95. The van der Waals surface area contributed by atoms with Crippen molar-refractivity contribution < 1.29 is 9.59 Å². The van der Waals surface area contributed by atoms with Crippen molar-refractivity contribution in [2.75, 3.05) is 23.7 Å². The van der Waals surface area contributed by atoms with E-state index in [9.17, 15) is 9.59 Å². The highest BCUT2D eigenvalue weighted by atomic mass is 32.1. The highest BCUT2D eigenvalue weighted by Crippen LogP contribution is 2.23. The molecule has 0 atom stereocenters. The maximum Gasteiger partial charge on any atom is 0.322 e. The molecular weight excluding hydrogens is 334 g/mol. The zero-order chi connectivity index (χ0) is 17.8. The van der Waals surface area contributed by atoms with E-state index in [1.165, 1.54) is 11.3 Å². The van der Waals surface area contributed by atoms with Gasteiger partial charge in [-0.25, -0.2) is 4.79 Å². The van der Waals surface area contributed by atoms with Crippen LogP contribution < -0.4 is 10.6 Å². The van der Waals surface area contributed by atoms with Gasteiger partial charge in [-0.05, 0) is 61.4 Å². The molecule has 0 aliphatic carbocycles. The van der Waals surface area contributed by atoms with Gasteiger partial charge in [0.1, 0.15) is 0 Å². The number of rotatable bonds is 3. The lowest BCUT2D eigenvalue weighted by Crippen LogP contribution is -2.43. The SMILES string of the molecule is Cc1ccc(C)c(NC(=O)C2CCN(C(=O)Nc3cccs3)CC2)c1. The van der Waals surface area contributed by atoms with E-state index in [2.05, 4.69) is 10.6 Å². The molecule has 2 aromatic rings. The van der Waals surface area contributed by atoms with Crippen LogP contribution in [0.15, 0.2) is 35.7 Å². The first-order valence-electron chi connectivity index (χ1n) is 8.50. The van der Waals surface area contributed by atoms with Crippen molar-refractivity contribution >= 4 is 34.0 Å². The summed E-state index contributed by atoms with van der Waals surface area (Å²) in [6.07, 6.45) is 1.38. The van der Waals surface area contributed by atoms with Crippen molar-refractivity contribution in [3.8, 4) is 0 Å². The number of carbonyl (C=O) groups is 2. The number of aryl methyl sites for hydroxylation is 2. The van der Waals surface area contributed by atoms with Gasteiger partial charge in [-0.2, -0.15) is 0 Å². The quantitative estimate of drug-likeness (QED) is 0.863. The fourth-order valence-electron chi connectivity index (χ4n) is 2.98. The molecule has 1 aliphatic rings. The maximum atomic E-state index is 12.5. The normalized spacial score (nSPS) is 15.0. The summed E-state index contributed by atoms with van der Waals surface area (Å²) in [4.78, 5) is 26.6. The van der Waals surface area contributed by atoms with E-state index in [4.69, 9.17) is 0 Å². The number of piperidine rings is 1. The topological polar surface area (TPSA) is 61.4 Å². The van der Waals surface area contributed by atoms with Crippen molar-refractivity contribution in [3.05, 3.63) is 46.8 Å². The minimum absolute atomic E-state index is 0.0482. The van der Waals surface area contributed by atoms with E-state index < -0.39 is 0 Å². The molecule has 0 saturated carbocycles. The summed E-state index contributed by atoms with van der Waals surface area (Å²) >= 11 is 1.50. The Morgan fingerprint density at radius 2 is 1.88 bits per heavy atom. The molecule has 2 heterocycles. The third-order valence-corrected chi connectivity index (χ3v) is 5.34. The summed E-state index contributed by atoms with van der Waals surface area (Å²) in [5.74, 6) is -0.00212. The van der Waals surface area contributed by atoms with Crippen molar-refractivity contribution in [2.45, 2.75) is 26.7 Å². The van der Waals surface area contributed by atoms with Crippen molar-refractivity contribution in [2.24, 2.45) is 5.92 Å². The Kier molecular flexibility index (Phi) is 5.38. The van der Waals surface area contributed by atoms with Crippen molar-refractivity contribution in [1.82, 2.24) is 4.90 Å². The predicted molar refractivity (Wildman–Crippen MR) is 102 cm³/mol. The van der Waals surface area contributed by atoms with Gasteiger partial charge in [0.25, 0.3) is 0 Å². The fraction of sp³-hybridized carbons (Fsp3) is 0.368. The molecule has 0 radical (unpaired) electrons. The average Bonchev–Trinajstić information content (AvgIpc) is 3.11. The molecule has 0 bridgehead atoms. The third kappa shape index (κ3) is 4.39. The van der Waals surface area contributed by atoms with E-state index in [1.54, 1.807) is 4.90 Å². The molecule has 2 N–H and O–H groups in total. The smallest absolute Gasteiger partial charge is 0.322 e. The number of urea groups is 1. The van der Waals surface area contributed by atoms with Crippen LogP contribution in [0, 0.1) is 19.8 Å². The molecule has 132 valence electrons. The standard InChI is InChI=1S/C19H23N3O2S/c1-13-5-6-14(2)16(12-13)20-18(23)15-7-9-22(10-8-15)19(24)21-17-4-3-11-25-17/h3-6,11-12,15H,7-10H2,1-2H3,(H,20,23)(H,21,24). The highest BCUT2D eigenvalue weighted by Gasteiger charge is 2.27. The van der Waals surface area contributed by atoms with Gasteiger partial charge in [-0.3, -0.25) is 10.1 Å². The highest BCUT2D eigenvalue weighted by molar-refractivity contribution is 7.14. The predicted octanol–water partition coefficient (Wildman–Crippen LogP) is 4.25. The number of nitrogens with one attached hydrogen (secondary N) is 2. The first kappa shape index (κ1) is 17.5. The fourth-order valence-corrected chi connectivity index (χ4v) is 3.59. The van der Waals surface area contributed by atoms with E-state index in [0.29, 0.717) is 25.9 Å². The van der Waals surface area contributed by atoms with Crippen LogP contribution in [0.25, 0.3) is 0 Å². The summed E-state index contributed by atoms with van der Waals surface area (Å²) in [7, 11) is 0. The molecule has 0 spiro atoms. The van der Waals surface area contributed by atoms with Gasteiger partial charge in [-0.15, -0.1) is 11.3 Å². The Balaban J connectivity index is 1.52. The molecule has 6 heteroatoms.